The average molecular weight is 320 g/mol. The van der Waals surface area contributed by atoms with Crippen molar-refractivity contribution in [3.8, 4) is 11.8 Å². The molecule has 0 unspecified atom stereocenters. The van der Waals surface area contributed by atoms with Crippen molar-refractivity contribution in [2.24, 2.45) is 0 Å². The van der Waals surface area contributed by atoms with Crippen LogP contribution >= 0.6 is 10.0 Å². The van der Waals surface area contributed by atoms with E-state index in [1.807, 2.05) is 0 Å². The molecule has 0 amide bonds. The maximum Gasteiger partial charge on any atom is 0.309 e. The first-order chi connectivity index (χ1) is 10.3. The summed E-state index contributed by atoms with van der Waals surface area (Å²) in [7, 11) is 0.851. The summed E-state index contributed by atoms with van der Waals surface area (Å²) in [6.45, 7) is 4.23. The number of rotatable bonds is 5. The first-order valence-corrected chi connectivity index (χ1v) is 10.7. The van der Waals surface area contributed by atoms with E-state index in [1.165, 1.54) is 18.2 Å². The van der Waals surface area contributed by atoms with Gasteiger partial charge in [0.25, 0.3) is 0 Å². The highest BCUT2D eigenvalue weighted by Crippen LogP contribution is 2.33. The van der Waals surface area contributed by atoms with Crippen LogP contribution in [0.5, 0.6) is 0 Å². The third-order valence-electron chi connectivity index (χ3n) is 3.48. The zero-order valence-corrected chi connectivity index (χ0v) is 15.5. The van der Waals surface area contributed by atoms with E-state index in [0.29, 0.717) is 6.42 Å². The van der Waals surface area contributed by atoms with Gasteiger partial charge < -0.3 is 4.74 Å². The number of methoxy groups -OCH3 is 1. The Balaban J connectivity index is 3.16. The van der Waals surface area contributed by atoms with Gasteiger partial charge in [0.15, 0.2) is 0 Å². The molecule has 3 heteroatoms. The van der Waals surface area contributed by atoms with E-state index in [1.54, 1.807) is 0 Å². The van der Waals surface area contributed by atoms with Crippen molar-refractivity contribution >= 4 is 16.0 Å². The van der Waals surface area contributed by atoms with Crippen LogP contribution in [-0.4, -0.2) is 37.6 Å². The van der Waals surface area contributed by atoms with Gasteiger partial charge in [0.05, 0.1) is 13.5 Å². The summed E-state index contributed by atoms with van der Waals surface area (Å²) in [5, 5.41) is 0. The van der Waals surface area contributed by atoms with E-state index < -0.39 is 10.0 Å². The minimum atomic E-state index is -0.588. The molecule has 0 aromatic heterocycles. The molecule has 122 valence electrons. The Morgan fingerprint density at radius 2 is 1.68 bits per heavy atom. The zero-order chi connectivity index (χ0) is 16.8. The fourth-order valence-electron chi connectivity index (χ4n) is 2.30. The summed E-state index contributed by atoms with van der Waals surface area (Å²) in [6.07, 6.45) is 8.98. The topological polar surface area (TPSA) is 26.3 Å². The van der Waals surface area contributed by atoms with Gasteiger partial charge in [0.1, 0.15) is 0 Å². The molecule has 0 aliphatic carbocycles. The van der Waals surface area contributed by atoms with Crippen molar-refractivity contribution < 1.29 is 9.53 Å². The van der Waals surface area contributed by atoms with Gasteiger partial charge in [-0.1, -0.05) is 25.7 Å². The molecular formula is C19H28O2S. The van der Waals surface area contributed by atoms with Crippen LogP contribution in [0.3, 0.4) is 0 Å². The number of benzene rings is 1. The maximum absolute atomic E-state index is 11.6. The second kappa shape index (κ2) is 8.29. The number of hydrogen-bond acceptors (Lipinski definition) is 2. The number of esters is 1. The van der Waals surface area contributed by atoms with Crippen LogP contribution in [0.4, 0.5) is 0 Å². The van der Waals surface area contributed by atoms with Gasteiger partial charge in [-0.15, -0.1) is 0 Å². The normalized spacial score (nSPS) is 11.5. The van der Waals surface area contributed by atoms with Gasteiger partial charge in [-0.3, -0.25) is 4.79 Å². The minimum Gasteiger partial charge on any atom is -0.469 e. The van der Waals surface area contributed by atoms with Gasteiger partial charge in [0.2, 0.25) is 0 Å². The second-order valence-corrected chi connectivity index (χ2v) is 10.7. The number of carbonyl (C=O) groups is 1. The standard InChI is InChI=1S/C19H28O2S/c1-7-16-12-15(10-9-11-22(4,5)6)13-17(8-2)18(16)14-19(20)21-3/h12-13H,7-8,11,14H2,1-6H3. The SMILES string of the molecule is CCc1cc(C#CCS(C)(C)C)cc(CC)c1CC(=O)OC. The summed E-state index contributed by atoms with van der Waals surface area (Å²) in [5.74, 6) is 7.39. The molecule has 0 atom stereocenters. The Hall–Kier alpha value is -1.40. The predicted molar refractivity (Wildman–Crippen MR) is 98.0 cm³/mol. The molecule has 1 rings (SSSR count). The lowest BCUT2D eigenvalue weighted by molar-refractivity contribution is -0.139. The van der Waals surface area contributed by atoms with Crippen LogP contribution in [0.15, 0.2) is 12.1 Å². The largest absolute Gasteiger partial charge is 0.469 e. The quantitative estimate of drug-likeness (QED) is 0.612. The molecule has 0 saturated carbocycles. The highest BCUT2D eigenvalue weighted by molar-refractivity contribution is 8.32. The molecule has 1 aromatic carbocycles. The second-order valence-electron chi connectivity index (χ2n) is 6.27. The number of aryl methyl sites for hydroxylation is 2. The van der Waals surface area contributed by atoms with E-state index in [2.05, 4.69) is 56.6 Å². The lowest BCUT2D eigenvalue weighted by atomic mass is 9.92. The van der Waals surface area contributed by atoms with E-state index in [-0.39, 0.29) is 5.97 Å². The zero-order valence-electron chi connectivity index (χ0n) is 14.7. The van der Waals surface area contributed by atoms with Gasteiger partial charge in [-0.2, -0.15) is 0 Å². The van der Waals surface area contributed by atoms with Crippen LogP contribution in [0.1, 0.15) is 36.1 Å². The molecule has 2 nitrogen and oxygen atoms in total. The first-order valence-electron chi connectivity index (χ1n) is 7.67. The van der Waals surface area contributed by atoms with Crippen molar-refractivity contribution in [3.05, 3.63) is 34.4 Å². The minimum absolute atomic E-state index is 0.181. The summed E-state index contributed by atoms with van der Waals surface area (Å²) < 4.78 is 4.82. The van der Waals surface area contributed by atoms with Gasteiger partial charge in [0, 0.05) is 11.3 Å². The Morgan fingerprint density at radius 3 is 2.09 bits per heavy atom. The monoisotopic (exact) mass is 320 g/mol. The van der Waals surface area contributed by atoms with Crippen LogP contribution in [-0.2, 0) is 28.8 Å². The molecule has 0 aliphatic rings. The molecule has 0 heterocycles. The smallest absolute Gasteiger partial charge is 0.309 e. The highest BCUT2D eigenvalue weighted by atomic mass is 32.3. The highest BCUT2D eigenvalue weighted by Gasteiger charge is 2.12. The molecule has 0 radical (unpaired) electrons. The summed E-state index contributed by atoms with van der Waals surface area (Å²) in [5.41, 5.74) is 4.59. The average Bonchev–Trinajstić information content (AvgIpc) is 2.46. The number of ether oxygens (including phenoxy) is 1. The Morgan fingerprint density at radius 1 is 1.14 bits per heavy atom. The maximum atomic E-state index is 11.6. The van der Waals surface area contributed by atoms with Crippen molar-refractivity contribution in [2.45, 2.75) is 33.1 Å². The molecule has 1 aromatic rings. The number of hydrogen-bond donors (Lipinski definition) is 0. The van der Waals surface area contributed by atoms with E-state index in [4.69, 9.17) is 4.74 Å². The molecule has 0 saturated heterocycles. The van der Waals surface area contributed by atoms with E-state index >= 15 is 0 Å². The molecular weight excluding hydrogens is 292 g/mol. The molecule has 0 bridgehead atoms. The van der Waals surface area contributed by atoms with Gasteiger partial charge >= 0.3 is 5.97 Å². The van der Waals surface area contributed by atoms with Crippen LogP contribution in [0, 0.1) is 11.8 Å². The van der Waals surface area contributed by atoms with Gasteiger partial charge in [-0.05, 0) is 60.4 Å². The van der Waals surface area contributed by atoms with Crippen LogP contribution in [0.2, 0.25) is 0 Å². The summed E-state index contributed by atoms with van der Waals surface area (Å²) in [4.78, 5) is 11.6. The first kappa shape index (κ1) is 18.6. The fourth-order valence-corrected chi connectivity index (χ4v) is 2.80. The van der Waals surface area contributed by atoms with Crippen molar-refractivity contribution in [2.75, 3.05) is 31.6 Å². The predicted octanol–water partition coefficient (Wildman–Crippen LogP) is 3.57. The summed E-state index contributed by atoms with van der Waals surface area (Å²) >= 11 is 0. The Bertz CT molecular complexity index is 561. The molecule has 0 fully saturated rings. The molecule has 0 aliphatic heterocycles. The lowest BCUT2D eigenvalue weighted by Crippen LogP contribution is -2.10. The molecule has 22 heavy (non-hydrogen) atoms. The van der Waals surface area contributed by atoms with Crippen LogP contribution in [0.25, 0.3) is 0 Å². The molecule has 0 spiro atoms. The van der Waals surface area contributed by atoms with Crippen LogP contribution < -0.4 is 0 Å². The van der Waals surface area contributed by atoms with Crippen molar-refractivity contribution in [3.63, 3.8) is 0 Å². The molecule has 0 N–H and O–H groups in total. The lowest BCUT2D eigenvalue weighted by Gasteiger charge is -2.20. The Kier molecular flexibility index (Phi) is 7.03. The van der Waals surface area contributed by atoms with Crippen molar-refractivity contribution in [1.82, 2.24) is 0 Å². The van der Waals surface area contributed by atoms with Gasteiger partial charge in [-0.25, -0.2) is 10.0 Å². The van der Waals surface area contributed by atoms with Crippen molar-refractivity contribution in [1.29, 1.82) is 0 Å². The summed E-state index contributed by atoms with van der Waals surface area (Å²) in [6, 6.07) is 4.25. The van der Waals surface area contributed by atoms with E-state index in [0.717, 1.165) is 29.7 Å². The third kappa shape index (κ3) is 5.77. The fraction of sp³-hybridized carbons (Fsp3) is 0.526. The third-order valence-corrected chi connectivity index (χ3v) is 4.49. The number of carbonyl (C=O) groups excluding carboxylic acids is 1. The Labute approximate surface area is 137 Å². The van der Waals surface area contributed by atoms with E-state index in [9.17, 15) is 4.79 Å².